The summed E-state index contributed by atoms with van der Waals surface area (Å²) in [6, 6.07) is 0.548. The van der Waals surface area contributed by atoms with Crippen LogP contribution in [0, 0.1) is 5.92 Å². The zero-order valence-electron chi connectivity index (χ0n) is 9.84. The van der Waals surface area contributed by atoms with Crippen molar-refractivity contribution >= 4 is 0 Å². The van der Waals surface area contributed by atoms with Gasteiger partial charge >= 0.3 is 0 Å². The second kappa shape index (κ2) is 7.34. The van der Waals surface area contributed by atoms with Crippen molar-refractivity contribution in [2.45, 2.75) is 40.7 Å². The molecule has 0 radical (unpaired) electrons. The van der Waals surface area contributed by atoms with E-state index in [0.717, 1.165) is 25.7 Å². The molecule has 2 heteroatoms. The zero-order chi connectivity index (χ0) is 10.3. The van der Waals surface area contributed by atoms with Crippen LogP contribution in [0.2, 0.25) is 0 Å². The summed E-state index contributed by atoms with van der Waals surface area (Å²) >= 11 is 0. The first-order chi connectivity index (χ1) is 6.11. The van der Waals surface area contributed by atoms with E-state index in [9.17, 15) is 0 Å². The van der Waals surface area contributed by atoms with Crippen LogP contribution < -0.4 is 0 Å². The smallest absolute Gasteiger partial charge is 0.0618 e. The van der Waals surface area contributed by atoms with Crippen LogP contribution in [0.15, 0.2) is 0 Å². The first-order valence-corrected chi connectivity index (χ1v) is 5.43. The second-order valence-corrected chi connectivity index (χ2v) is 3.99. The largest absolute Gasteiger partial charge is 0.380 e. The molecule has 0 fully saturated rings. The van der Waals surface area contributed by atoms with Gasteiger partial charge < -0.3 is 4.74 Å². The summed E-state index contributed by atoms with van der Waals surface area (Å²) in [6.45, 7) is 15.0. The highest BCUT2D eigenvalue weighted by atomic mass is 16.5. The van der Waals surface area contributed by atoms with Crippen LogP contribution in [-0.4, -0.2) is 37.2 Å². The van der Waals surface area contributed by atoms with Crippen LogP contribution in [0.3, 0.4) is 0 Å². The van der Waals surface area contributed by atoms with Gasteiger partial charge in [-0.05, 0) is 26.3 Å². The van der Waals surface area contributed by atoms with Crippen LogP contribution in [0.25, 0.3) is 0 Å². The van der Waals surface area contributed by atoms with Crippen molar-refractivity contribution in [3.63, 3.8) is 0 Å². The van der Waals surface area contributed by atoms with Gasteiger partial charge in [0.1, 0.15) is 0 Å². The van der Waals surface area contributed by atoms with E-state index >= 15 is 0 Å². The lowest BCUT2D eigenvalue weighted by Gasteiger charge is -2.29. The van der Waals surface area contributed by atoms with Crippen molar-refractivity contribution in [3.05, 3.63) is 0 Å². The van der Waals surface area contributed by atoms with Gasteiger partial charge in [0.15, 0.2) is 0 Å². The van der Waals surface area contributed by atoms with E-state index in [-0.39, 0.29) is 0 Å². The lowest BCUT2D eigenvalue weighted by molar-refractivity contribution is 0.0704. The third-order valence-electron chi connectivity index (χ3n) is 2.19. The maximum absolute atomic E-state index is 5.42. The van der Waals surface area contributed by atoms with Gasteiger partial charge in [0.05, 0.1) is 6.61 Å². The molecule has 0 unspecified atom stereocenters. The summed E-state index contributed by atoms with van der Waals surface area (Å²) in [5.41, 5.74) is 0. The lowest BCUT2D eigenvalue weighted by Crippen LogP contribution is -2.38. The fourth-order valence-corrected chi connectivity index (χ4v) is 1.48. The normalized spacial score (nSPS) is 14.1. The van der Waals surface area contributed by atoms with Gasteiger partial charge in [-0.1, -0.05) is 20.8 Å². The molecule has 0 aromatic heterocycles. The van der Waals surface area contributed by atoms with Crippen molar-refractivity contribution in [1.82, 2.24) is 4.90 Å². The molecule has 0 rings (SSSR count). The molecular weight excluding hydrogens is 162 g/mol. The van der Waals surface area contributed by atoms with E-state index in [1.807, 2.05) is 6.92 Å². The summed E-state index contributed by atoms with van der Waals surface area (Å²) in [5.74, 6) is 0.740. The Morgan fingerprint density at radius 2 is 1.77 bits per heavy atom. The van der Waals surface area contributed by atoms with E-state index in [4.69, 9.17) is 4.74 Å². The van der Waals surface area contributed by atoms with Crippen LogP contribution in [0.1, 0.15) is 34.6 Å². The molecule has 0 saturated carbocycles. The molecule has 2 nitrogen and oxygen atoms in total. The SMILES string of the molecule is CCOC[C@@H](C)N(CC)CC(C)C. The second-order valence-electron chi connectivity index (χ2n) is 3.99. The molecule has 13 heavy (non-hydrogen) atoms. The van der Waals surface area contributed by atoms with E-state index in [2.05, 4.69) is 32.6 Å². The molecule has 0 amide bonds. The number of ether oxygens (including phenoxy) is 1. The van der Waals surface area contributed by atoms with E-state index in [1.54, 1.807) is 0 Å². The average Bonchev–Trinajstić information content (AvgIpc) is 2.09. The Balaban J connectivity index is 3.77. The quantitative estimate of drug-likeness (QED) is 0.607. The number of rotatable bonds is 7. The first kappa shape index (κ1) is 12.9. The van der Waals surface area contributed by atoms with Crippen molar-refractivity contribution in [2.24, 2.45) is 5.92 Å². The van der Waals surface area contributed by atoms with Gasteiger partial charge in [0, 0.05) is 19.2 Å². The molecule has 80 valence electrons. The van der Waals surface area contributed by atoms with Gasteiger partial charge in [-0.15, -0.1) is 0 Å². The Morgan fingerprint density at radius 3 is 2.15 bits per heavy atom. The van der Waals surface area contributed by atoms with E-state index in [1.165, 1.54) is 6.54 Å². The van der Waals surface area contributed by atoms with Gasteiger partial charge in [0.2, 0.25) is 0 Å². The summed E-state index contributed by atoms with van der Waals surface area (Å²) in [6.07, 6.45) is 0. The highest BCUT2D eigenvalue weighted by Gasteiger charge is 2.12. The predicted octanol–water partition coefficient (Wildman–Crippen LogP) is 2.39. The van der Waals surface area contributed by atoms with Crippen molar-refractivity contribution < 1.29 is 4.74 Å². The van der Waals surface area contributed by atoms with E-state index < -0.39 is 0 Å². The van der Waals surface area contributed by atoms with Crippen molar-refractivity contribution in [2.75, 3.05) is 26.3 Å². The molecule has 0 bridgehead atoms. The molecule has 0 spiro atoms. The summed E-state index contributed by atoms with van der Waals surface area (Å²) in [7, 11) is 0. The topological polar surface area (TPSA) is 12.5 Å². The van der Waals surface area contributed by atoms with Crippen LogP contribution in [-0.2, 0) is 4.74 Å². The van der Waals surface area contributed by atoms with Crippen molar-refractivity contribution in [1.29, 1.82) is 0 Å². The lowest BCUT2D eigenvalue weighted by atomic mass is 10.2. The minimum absolute atomic E-state index is 0.548. The molecular formula is C11H25NO. The fourth-order valence-electron chi connectivity index (χ4n) is 1.48. The molecule has 0 aliphatic heterocycles. The van der Waals surface area contributed by atoms with Crippen molar-refractivity contribution in [3.8, 4) is 0 Å². The molecule has 1 atom stereocenters. The molecule has 0 aliphatic carbocycles. The van der Waals surface area contributed by atoms with Crippen LogP contribution in [0.4, 0.5) is 0 Å². The number of nitrogens with zero attached hydrogens (tertiary/aromatic N) is 1. The zero-order valence-corrected chi connectivity index (χ0v) is 9.84. The van der Waals surface area contributed by atoms with Crippen LogP contribution in [0.5, 0.6) is 0 Å². The maximum Gasteiger partial charge on any atom is 0.0618 e. The minimum Gasteiger partial charge on any atom is -0.380 e. The minimum atomic E-state index is 0.548. The Morgan fingerprint density at radius 1 is 1.15 bits per heavy atom. The summed E-state index contributed by atoms with van der Waals surface area (Å²) in [4.78, 5) is 2.47. The van der Waals surface area contributed by atoms with Gasteiger partial charge in [0.25, 0.3) is 0 Å². The molecule has 0 heterocycles. The number of hydrogen-bond donors (Lipinski definition) is 0. The summed E-state index contributed by atoms with van der Waals surface area (Å²) in [5, 5.41) is 0. The molecule has 0 aromatic carbocycles. The fraction of sp³-hybridized carbons (Fsp3) is 1.00. The van der Waals surface area contributed by atoms with Crippen LogP contribution >= 0.6 is 0 Å². The third kappa shape index (κ3) is 6.05. The highest BCUT2D eigenvalue weighted by molar-refractivity contribution is 4.66. The number of likely N-dealkylation sites (N-methyl/N-ethyl adjacent to an activating group) is 1. The summed E-state index contributed by atoms with van der Waals surface area (Å²) < 4.78 is 5.42. The third-order valence-corrected chi connectivity index (χ3v) is 2.19. The monoisotopic (exact) mass is 187 g/mol. The first-order valence-electron chi connectivity index (χ1n) is 5.43. The number of hydrogen-bond acceptors (Lipinski definition) is 2. The Bertz CT molecular complexity index is 115. The Kier molecular flexibility index (Phi) is 7.29. The Labute approximate surface area is 83.3 Å². The van der Waals surface area contributed by atoms with Gasteiger partial charge in [-0.25, -0.2) is 0 Å². The van der Waals surface area contributed by atoms with Gasteiger partial charge in [-0.2, -0.15) is 0 Å². The predicted molar refractivity (Wildman–Crippen MR) is 58.0 cm³/mol. The molecule has 0 N–H and O–H groups in total. The Hall–Kier alpha value is -0.0800. The standard InChI is InChI=1S/C11H25NO/c1-6-12(8-10(3)4)11(5)9-13-7-2/h10-11H,6-9H2,1-5H3/t11-/m1/s1. The maximum atomic E-state index is 5.42. The molecule has 0 aromatic rings. The average molecular weight is 187 g/mol. The molecule has 0 saturated heterocycles. The van der Waals surface area contributed by atoms with Gasteiger partial charge in [-0.3, -0.25) is 4.90 Å². The highest BCUT2D eigenvalue weighted by Crippen LogP contribution is 2.04. The van der Waals surface area contributed by atoms with E-state index in [0.29, 0.717) is 6.04 Å². The molecule has 0 aliphatic rings.